The number of aliphatic hydroxyl groups excluding tert-OH is 2. The fourth-order valence-corrected chi connectivity index (χ4v) is 2.11. The summed E-state index contributed by atoms with van der Waals surface area (Å²) in [7, 11) is 0. The van der Waals surface area contributed by atoms with E-state index in [9.17, 15) is 9.90 Å². The number of aldehydes is 1. The second-order valence-electron chi connectivity index (χ2n) is 3.34. The number of carbonyl (C=O) groups is 1. The van der Waals surface area contributed by atoms with Crippen molar-refractivity contribution in [2.45, 2.75) is 37.7 Å². The number of hydrogen-bond acceptors (Lipinski definition) is 5. The van der Waals surface area contributed by atoms with E-state index in [0.717, 1.165) is 19.3 Å². The molecule has 0 aromatic rings. The van der Waals surface area contributed by atoms with E-state index >= 15 is 0 Å². The van der Waals surface area contributed by atoms with Crippen molar-refractivity contribution in [2.75, 3.05) is 18.9 Å². The first-order valence-corrected chi connectivity index (χ1v) is 6.37. The Kier molecular flexibility index (Phi) is 10.3. The molecule has 0 spiro atoms. The monoisotopic (exact) mass is 235 g/mol. The van der Waals surface area contributed by atoms with Crippen LogP contribution in [0.15, 0.2) is 0 Å². The minimum Gasteiger partial charge on any atom is -0.395 e. The smallest absolute Gasteiger partial charge is 0.120 e. The van der Waals surface area contributed by atoms with Gasteiger partial charge in [0.15, 0.2) is 0 Å². The normalized spacial score (nSPS) is 14.9. The van der Waals surface area contributed by atoms with Crippen molar-refractivity contribution >= 4 is 18.0 Å². The molecule has 0 fully saturated rings. The third kappa shape index (κ3) is 8.87. The van der Waals surface area contributed by atoms with Crippen molar-refractivity contribution in [2.24, 2.45) is 0 Å². The molecule has 0 saturated carbocycles. The molecule has 0 bridgehead atoms. The fourth-order valence-electron chi connectivity index (χ4n) is 1.12. The molecule has 90 valence electrons. The lowest BCUT2D eigenvalue weighted by Crippen LogP contribution is -2.33. The highest BCUT2D eigenvalue weighted by atomic mass is 32.2. The van der Waals surface area contributed by atoms with Crippen LogP contribution in [0.4, 0.5) is 0 Å². The van der Waals surface area contributed by atoms with Gasteiger partial charge < -0.3 is 15.0 Å². The molecule has 0 saturated heterocycles. The lowest BCUT2D eigenvalue weighted by molar-refractivity contribution is -0.107. The molecule has 0 aromatic carbocycles. The van der Waals surface area contributed by atoms with Gasteiger partial charge >= 0.3 is 0 Å². The predicted molar refractivity (Wildman–Crippen MR) is 62.9 cm³/mol. The standard InChI is InChI=1S/C10H21NO3S/c1-2-4-11-10(14)7-9(8-13)15-6-3-5-12/h5,9-11,13-14H,2-4,6-8H2,1H3. The molecular formula is C10H21NO3S. The second-order valence-corrected chi connectivity index (χ2v) is 4.74. The van der Waals surface area contributed by atoms with E-state index in [1.807, 2.05) is 6.92 Å². The van der Waals surface area contributed by atoms with Crippen LogP contribution in [0.25, 0.3) is 0 Å². The number of carbonyl (C=O) groups excluding carboxylic acids is 1. The van der Waals surface area contributed by atoms with Crippen molar-refractivity contribution in [3.05, 3.63) is 0 Å². The molecule has 0 heterocycles. The van der Waals surface area contributed by atoms with Gasteiger partial charge in [-0.3, -0.25) is 5.32 Å². The van der Waals surface area contributed by atoms with Crippen LogP contribution in [0, 0.1) is 0 Å². The van der Waals surface area contributed by atoms with E-state index in [1.54, 1.807) is 0 Å². The van der Waals surface area contributed by atoms with Gasteiger partial charge in [0.1, 0.15) is 12.5 Å². The van der Waals surface area contributed by atoms with Crippen molar-refractivity contribution in [1.82, 2.24) is 5.32 Å². The summed E-state index contributed by atoms with van der Waals surface area (Å²) in [6.07, 6.45) is 2.29. The van der Waals surface area contributed by atoms with Gasteiger partial charge in [-0.25, -0.2) is 0 Å². The molecule has 0 aliphatic heterocycles. The number of nitrogens with one attached hydrogen (secondary N) is 1. The minimum atomic E-state index is -0.564. The summed E-state index contributed by atoms with van der Waals surface area (Å²) in [4.78, 5) is 10.1. The molecule has 3 N–H and O–H groups in total. The predicted octanol–water partition coefficient (Wildman–Crippen LogP) is 0.378. The van der Waals surface area contributed by atoms with Gasteiger partial charge in [0.2, 0.25) is 0 Å². The summed E-state index contributed by atoms with van der Waals surface area (Å²) < 4.78 is 0. The molecule has 15 heavy (non-hydrogen) atoms. The highest BCUT2D eigenvalue weighted by Gasteiger charge is 2.13. The Labute approximate surface area is 95.4 Å². The first-order valence-electron chi connectivity index (χ1n) is 5.32. The Bertz CT molecular complexity index is 158. The molecular weight excluding hydrogens is 214 g/mol. The van der Waals surface area contributed by atoms with E-state index in [1.165, 1.54) is 11.8 Å². The molecule has 0 aliphatic carbocycles. The maximum absolute atomic E-state index is 10.1. The van der Waals surface area contributed by atoms with E-state index in [2.05, 4.69) is 5.32 Å². The average Bonchev–Trinajstić information content (AvgIpc) is 2.25. The molecule has 2 unspecified atom stereocenters. The van der Waals surface area contributed by atoms with Gasteiger partial charge in [0, 0.05) is 23.8 Å². The molecule has 5 heteroatoms. The van der Waals surface area contributed by atoms with Crippen LogP contribution in [0.5, 0.6) is 0 Å². The highest BCUT2D eigenvalue weighted by molar-refractivity contribution is 7.99. The highest BCUT2D eigenvalue weighted by Crippen LogP contribution is 2.15. The lowest BCUT2D eigenvalue weighted by Gasteiger charge is -2.18. The summed E-state index contributed by atoms with van der Waals surface area (Å²) in [5.74, 6) is 0.704. The van der Waals surface area contributed by atoms with Crippen molar-refractivity contribution < 1.29 is 15.0 Å². The molecule has 4 nitrogen and oxygen atoms in total. The third-order valence-electron chi connectivity index (χ3n) is 1.91. The van der Waals surface area contributed by atoms with Gasteiger partial charge in [-0.2, -0.15) is 11.8 Å². The van der Waals surface area contributed by atoms with E-state index < -0.39 is 6.23 Å². The topological polar surface area (TPSA) is 69.6 Å². The lowest BCUT2D eigenvalue weighted by atomic mass is 10.3. The summed E-state index contributed by atoms with van der Waals surface area (Å²) in [5.41, 5.74) is 0. The van der Waals surface area contributed by atoms with Gasteiger partial charge in [0.05, 0.1) is 6.61 Å². The van der Waals surface area contributed by atoms with Crippen LogP contribution in [-0.2, 0) is 4.79 Å². The Balaban J connectivity index is 3.61. The van der Waals surface area contributed by atoms with E-state index in [0.29, 0.717) is 18.6 Å². The largest absolute Gasteiger partial charge is 0.395 e. The SMILES string of the molecule is CCCNC(O)CC(CO)SCCC=O. The van der Waals surface area contributed by atoms with Crippen molar-refractivity contribution in [3.63, 3.8) is 0 Å². The maximum atomic E-state index is 10.1. The molecule has 0 aliphatic rings. The molecule has 0 rings (SSSR count). The summed E-state index contributed by atoms with van der Waals surface area (Å²) in [6, 6.07) is 0. The minimum absolute atomic E-state index is 0.00399. The Hall–Kier alpha value is -0.100. The van der Waals surface area contributed by atoms with Gasteiger partial charge in [-0.05, 0) is 13.0 Å². The van der Waals surface area contributed by atoms with Crippen LogP contribution in [0.1, 0.15) is 26.2 Å². The summed E-state index contributed by atoms with van der Waals surface area (Å²) in [6.45, 7) is 2.84. The number of thioether (sulfide) groups is 1. The van der Waals surface area contributed by atoms with Crippen LogP contribution in [0.3, 0.4) is 0 Å². The van der Waals surface area contributed by atoms with Gasteiger partial charge in [-0.15, -0.1) is 0 Å². The maximum Gasteiger partial charge on any atom is 0.120 e. The molecule has 2 atom stereocenters. The van der Waals surface area contributed by atoms with Crippen molar-refractivity contribution in [1.29, 1.82) is 0 Å². The van der Waals surface area contributed by atoms with Crippen LogP contribution < -0.4 is 5.32 Å². The molecule has 0 radical (unpaired) electrons. The average molecular weight is 235 g/mol. The quantitative estimate of drug-likeness (QED) is 0.290. The Morgan fingerprint density at radius 3 is 2.80 bits per heavy atom. The number of rotatable bonds is 10. The number of hydrogen-bond donors (Lipinski definition) is 3. The van der Waals surface area contributed by atoms with Gasteiger partial charge in [0.25, 0.3) is 0 Å². The molecule has 0 amide bonds. The third-order valence-corrected chi connectivity index (χ3v) is 3.19. The number of aliphatic hydroxyl groups is 2. The zero-order chi connectivity index (χ0) is 11.5. The van der Waals surface area contributed by atoms with E-state index in [4.69, 9.17) is 5.11 Å². The van der Waals surface area contributed by atoms with E-state index in [-0.39, 0.29) is 11.9 Å². The first-order chi connectivity index (χ1) is 7.24. The van der Waals surface area contributed by atoms with Crippen molar-refractivity contribution in [3.8, 4) is 0 Å². The second kappa shape index (κ2) is 10.4. The zero-order valence-corrected chi connectivity index (χ0v) is 10.0. The molecule has 0 aromatic heterocycles. The van der Waals surface area contributed by atoms with Crippen LogP contribution >= 0.6 is 11.8 Å². The van der Waals surface area contributed by atoms with Crippen LogP contribution in [0.2, 0.25) is 0 Å². The fraction of sp³-hybridized carbons (Fsp3) is 0.900. The Morgan fingerprint density at radius 1 is 1.53 bits per heavy atom. The van der Waals surface area contributed by atoms with Crippen LogP contribution in [-0.4, -0.2) is 46.9 Å². The zero-order valence-electron chi connectivity index (χ0n) is 9.19. The Morgan fingerprint density at radius 2 is 2.27 bits per heavy atom. The first kappa shape index (κ1) is 14.9. The summed E-state index contributed by atoms with van der Waals surface area (Å²) >= 11 is 1.53. The van der Waals surface area contributed by atoms with Gasteiger partial charge in [-0.1, -0.05) is 6.92 Å². The summed E-state index contributed by atoms with van der Waals surface area (Å²) in [5, 5.41) is 21.5.